The first kappa shape index (κ1) is 27.1. The Morgan fingerprint density at radius 2 is 1.61 bits per heavy atom. The van der Waals surface area contributed by atoms with E-state index in [4.69, 9.17) is 9.47 Å². The number of nitrogens with zero attached hydrogens (tertiary/aromatic N) is 1. The average Bonchev–Trinajstić information content (AvgIpc) is 2.86. The van der Waals surface area contributed by atoms with Crippen molar-refractivity contribution in [2.45, 2.75) is 38.5 Å². The first-order valence-corrected chi connectivity index (χ1v) is 13.5. The Morgan fingerprint density at radius 1 is 0.944 bits per heavy atom. The lowest BCUT2D eigenvalue weighted by atomic mass is 10.0. The smallest absolute Gasteiger partial charge is 0.264 e. The van der Waals surface area contributed by atoms with Crippen LogP contribution < -0.4 is 19.1 Å². The molecule has 0 bridgehead atoms. The minimum atomic E-state index is -3.98. The van der Waals surface area contributed by atoms with Crippen molar-refractivity contribution in [2.24, 2.45) is 0 Å². The van der Waals surface area contributed by atoms with E-state index in [1.54, 1.807) is 48.5 Å². The first-order chi connectivity index (χ1) is 17.2. The fourth-order valence-corrected chi connectivity index (χ4v) is 5.08. The van der Waals surface area contributed by atoms with Gasteiger partial charge in [-0.05, 0) is 67.8 Å². The zero-order valence-corrected chi connectivity index (χ0v) is 22.0. The van der Waals surface area contributed by atoms with E-state index in [-0.39, 0.29) is 24.6 Å². The van der Waals surface area contributed by atoms with E-state index in [2.05, 4.69) is 19.2 Å². The fourth-order valence-electron chi connectivity index (χ4n) is 3.65. The summed E-state index contributed by atoms with van der Waals surface area (Å²) in [5.74, 6) is 1.28. The van der Waals surface area contributed by atoms with Crippen LogP contribution in [-0.4, -0.2) is 40.6 Å². The van der Waals surface area contributed by atoms with Crippen molar-refractivity contribution in [2.75, 3.05) is 30.6 Å². The number of rotatable bonds is 12. The van der Waals surface area contributed by atoms with E-state index in [1.165, 1.54) is 0 Å². The highest BCUT2D eigenvalue weighted by Gasteiger charge is 2.27. The molecule has 192 valence electrons. The van der Waals surface area contributed by atoms with Gasteiger partial charge >= 0.3 is 0 Å². The number of nitrogens with one attached hydrogen (secondary N) is 1. The van der Waals surface area contributed by atoms with Crippen LogP contribution in [0.1, 0.15) is 37.8 Å². The van der Waals surface area contributed by atoms with Gasteiger partial charge in [-0.3, -0.25) is 9.10 Å². The minimum Gasteiger partial charge on any atom is -0.494 e. The van der Waals surface area contributed by atoms with Gasteiger partial charge in [0.25, 0.3) is 10.0 Å². The highest BCUT2D eigenvalue weighted by atomic mass is 32.2. The Balaban J connectivity index is 1.72. The molecule has 0 radical (unpaired) electrons. The lowest BCUT2D eigenvalue weighted by Crippen LogP contribution is -2.41. The molecule has 3 aromatic carbocycles. The van der Waals surface area contributed by atoms with Crippen molar-refractivity contribution < 1.29 is 22.7 Å². The lowest BCUT2D eigenvalue weighted by Gasteiger charge is -2.24. The molecule has 1 N–H and O–H groups in total. The number of amides is 1. The number of hydrogen-bond acceptors (Lipinski definition) is 5. The molecule has 3 rings (SSSR count). The Bertz CT molecular complexity index is 1240. The molecule has 0 aromatic heterocycles. The number of aryl methyl sites for hydroxylation is 1. The van der Waals surface area contributed by atoms with Crippen molar-refractivity contribution in [1.82, 2.24) is 5.32 Å². The summed E-state index contributed by atoms with van der Waals surface area (Å²) in [7, 11) is -3.98. The molecule has 0 fully saturated rings. The zero-order valence-electron chi connectivity index (χ0n) is 21.2. The molecule has 7 nitrogen and oxygen atoms in total. The van der Waals surface area contributed by atoms with Crippen LogP contribution in [0.15, 0.2) is 77.7 Å². The number of anilines is 1. The molecule has 36 heavy (non-hydrogen) atoms. The van der Waals surface area contributed by atoms with Gasteiger partial charge in [0, 0.05) is 0 Å². The van der Waals surface area contributed by atoms with Gasteiger partial charge in [-0.15, -0.1) is 0 Å². The molecular weight excluding hydrogens is 476 g/mol. The second-order valence-electron chi connectivity index (χ2n) is 8.64. The molecular formula is C28H34N2O5S. The van der Waals surface area contributed by atoms with Gasteiger partial charge in [0.05, 0.1) is 23.7 Å². The lowest BCUT2D eigenvalue weighted by molar-refractivity contribution is -0.119. The number of para-hydroxylation sites is 1. The monoisotopic (exact) mass is 510 g/mol. The summed E-state index contributed by atoms with van der Waals surface area (Å²) >= 11 is 0. The van der Waals surface area contributed by atoms with Crippen LogP contribution in [0.5, 0.6) is 11.5 Å². The number of sulfonamides is 1. The summed E-state index contributed by atoms with van der Waals surface area (Å²) in [6.45, 7) is 8.58. The quantitative estimate of drug-likeness (QED) is 0.350. The second-order valence-corrected chi connectivity index (χ2v) is 10.5. The van der Waals surface area contributed by atoms with Crippen LogP contribution in [0.2, 0.25) is 0 Å². The maximum Gasteiger partial charge on any atom is 0.264 e. The van der Waals surface area contributed by atoms with Crippen molar-refractivity contribution in [3.8, 4) is 11.5 Å². The standard InChI is InChI=1S/C28H34N2O5S/c1-5-34-24-14-12-23(13-15-24)30(36(32,33)25-16-10-22(4)11-17-25)20-28(31)29-18-19-35-27-9-7-6-8-26(27)21(2)3/h6-17,21H,5,18-20H2,1-4H3,(H,29,31). The van der Waals surface area contributed by atoms with Crippen molar-refractivity contribution in [1.29, 1.82) is 0 Å². The van der Waals surface area contributed by atoms with Gasteiger partial charge in [0.1, 0.15) is 24.7 Å². The van der Waals surface area contributed by atoms with Crippen LogP contribution in [0.4, 0.5) is 5.69 Å². The number of carbonyl (C=O) groups is 1. The van der Waals surface area contributed by atoms with Crippen molar-refractivity contribution in [3.05, 3.63) is 83.9 Å². The molecule has 0 aliphatic heterocycles. The van der Waals surface area contributed by atoms with Crippen LogP contribution in [0.25, 0.3) is 0 Å². The molecule has 0 saturated heterocycles. The van der Waals surface area contributed by atoms with Gasteiger partial charge in [-0.1, -0.05) is 49.7 Å². The maximum absolute atomic E-state index is 13.5. The Morgan fingerprint density at radius 3 is 2.25 bits per heavy atom. The molecule has 0 saturated carbocycles. The van der Waals surface area contributed by atoms with Crippen LogP contribution in [-0.2, 0) is 14.8 Å². The molecule has 0 aliphatic rings. The van der Waals surface area contributed by atoms with Crippen LogP contribution in [0, 0.1) is 6.92 Å². The molecule has 0 heterocycles. The number of hydrogen-bond donors (Lipinski definition) is 1. The molecule has 1 amide bonds. The summed E-state index contributed by atoms with van der Waals surface area (Å²) in [5, 5.41) is 2.77. The average molecular weight is 511 g/mol. The highest BCUT2D eigenvalue weighted by molar-refractivity contribution is 7.92. The summed E-state index contributed by atoms with van der Waals surface area (Å²) in [6.07, 6.45) is 0. The summed E-state index contributed by atoms with van der Waals surface area (Å²) < 4.78 is 39.4. The van der Waals surface area contributed by atoms with Gasteiger partial charge in [-0.25, -0.2) is 8.42 Å². The zero-order chi connectivity index (χ0) is 26.1. The summed E-state index contributed by atoms with van der Waals surface area (Å²) in [4.78, 5) is 12.9. The molecule has 3 aromatic rings. The topological polar surface area (TPSA) is 84.9 Å². The first-order valence-electron chi connectivity index (χ1n) is 12.0. The summed E-state index contributed by atoms with van der Waals surface area (Å²) in [6, 6.07) is 21.0. The minimum absolute atomic E-state index is 0.114. The van der Waals surface area contributed by atoms with Crippen molar-refractivity contribution >= 4 is 21.6 Å². The molecule has 0 unspecified atom stereocenters. The predicted molar refractivity (Wildman–Crippen MR) is 142 cm³/mol. The Kier molecular flexibility index (Phi) is 9.36. The molecule has 8 heteroatoms. The summed E-state index contributed by atoms with van der Waals surface area (Å²) in [5.41, 5.74) is 2.41. The third-order valence-corrected chi connectivity index (χ3v) is 7.34. The van der Waals surface area contributed by atoms with Crippen molar-refractivity contribution in [3.63, 3.8) is 0 Å². The fraction of sp³-hybridized carbons (Fsp3) is 0.321. The Hall–Kier alpha value is -3.52. The molecule has 0 aliphatic carbocycles. The third-order valence-electron chi connectivity index (χ3n) is 5.55. The number of benzene rings is 3. The predicted octanol–water partition coefficient (Wildman–Crippen LogP) is 4.91. The number of carbonyl (C=O) groups excluding carboxylic acids is 1. The molecule has 0 atom stereocenters. The van der Waals surface area contributed by atoms with E-state index in [1.807, 2.05) is 38.1 Å². The largest absolute Gasteiger partial charge is 0.494 e. The number of ether oxygens (including phenoxy) is 2. The van der Waals surface area contributed by atoms with E-state index in [0.717, 1.165) is 21.2 Å². The normalized spacial score (nSPS) is 11.2. The van der Waals surface area contributed by atoms with Gasteiger partial charge in [0.2, 0.25) is 5.91 Å². The SMILES string of the molecule is CCOc1ccc(N(CC(=O)NCCOc2ccccc2C(C)C)S(=O)(=O)c2ccc(C)cc2)cc1. The van der Waals surface area contributed by atoms with Crippen LogP contribution >= 0.6 is 0 Å². The highest BCUT2D eigenvalue weighted by Crippen LogP contribution is 2.27. The van der Waals surface area contributed by atoms with E-state index < -0.39 is 15.9 Å². The van der Waals surface area contributed by atoms with Crippen LogP contribution in [0.3, 0.4) is 0 Å². The van der Waals surface area contributed by atoms with E-state index in [0.29, 0.717) is 24.0 Å². The van der Waals surface area contributed by atoms with E-state index in [9.17, 15) is 13.2 Å². The van der Waals surface area contributed by atoms with Gasteiger partial charge in [-0.2, -0.15) is 0 Å². The van der Waals surface area contributed by atoms with Gasteiger partial charge in [0.15, 0.2) is 0 Å². The Labute approximate surface area is 214 Å². The maximum atomic E-state index is 13.5. The van der Waals surface area contributed by atoms with Gasteiger partial charge < -0.3 is 14.8 Å². The van der Waals surface area contributed by atoms with E-state index >= 15 is 0 Å². The molecule has 0 spiro atoms. The third kappa shape index (κ3) is 7.01. The second kappa shape index (κ2) is 12.4.